The van der Waals surface area contributed by atoms with Crippen molar-refractivity contribution < 1.29 is 17.6 Å². The summed E-state index contributed by atoms with van der Waals surface area (Å²) in [5, 5.41) is 0.115. The van der Waals surface area contributed by atoms with Crippen molar-refractivity contribution in [3.8, 4) is 0 Å². The average molecular weight is 404 g/mol. The number of thioether (sulfide) groups is 1. The summed E-state index contributed by atoms with van der Waals surface area (Å²) in [7, 11) is -3.18. The Morgan fingerprint density at radius 2 is 1.81 bits per heavy atom. The van der Waals surface area contributed by atoms with Gasteiger partial charge in [0.1, 0.15) is 5.82 Å². The van der Waals surface area contributed by atoms with Crippen molar-refractivity contribution in [2.75, 3.05) is 16.4 Å². The molecule has 8 heteroatoms. The Morgan fingerprint density at radius 3 is 2.56 bits per heavy atom. The predicted octanol–water partition coefficient (Wildman–Crippen LogP) is 2.67. The minimum atomic E-state index is -3.18. The van der Waals surface area contributed by atoms with Crippen LogP contribution in [0.3, 0.4) is 0 Å². The van der Waals surface area contributed by atoms with Crippen LogP contribution in [0.1, 0.15) is 5.56 Å². The highest BCUT2D eigenvalue weighted by Gasteiger charge is 2.49. The number of carbonyl (C=O) groups excluding carboxylic acids is 1. The highest BCUT2D eigenvalue weighted by molar-refractivity contribution is 8.16. The second-order valence-corrected chi connectivity index (χ2v) is 9.93. The number of amidine groups is 1. The van der Waals surface area contributed by atoms with Crippen molar-refractivity contribution in [2.45, 2.75) is 17.7 Å². The summed E-state index contributed by atoms with van der Waals surface area (Å²) in [5.74, 6) is -0.858. The summed E-state index contributed by atoms with van der Waals surface area (Å²) in [4.78, 5) is 18.2. The number of rotatable bonds is 3. The van der Waals surface area contributed by atoms with E-state index in [0.29, 0.717) is 5.17 Å². The Kier molecular flexibility index (Phi) is 4.77. The summed E-state index contributed by atoms with van der Waals surface area (Å²) in [6.45, 7) is 0. The molecule has 140 valence electrons. The van der Waals surface area contributed by atoms with Gasteiger partial charge in [0.15, 0.2) is 15.0 Å². The van der Waals surface area contributed by atoms with Crippen LogP contribution in [0.15, 0.2) is 59.6 Å². The van der Waals surface area contributed by atoms with Crippen LogP contribution < -0.4 is 4.90 Å². The van der Waals surface area contributed by atoms with Gasteiger partial charge in [0.2, 0.25) is 0 Å². The summed E-state index contributed by atoms with van der Waals surface area (Å²) >= 11 is 1.24. The van der Waals surface area contributed by atoms with Gasteiger partial charge in [-0.3, -0.25) is 4.79 Å². The van der Waals surface area contributed by atoms with Gasteiger partial charge in [-0.1, -0.05) is 54.2 Å². The second kappa shape index (κ2) is 7.09. The van der Waals surface area contributed by atoms with Gasteiger partial charge in [-0.05, 0) is 17.7 Å². The maximum absolute atomic E-state index is 14.4. The smallest absolute Gasteiger partial charge is 0.252 e. The van der Waals surface area contributed by atoms with E-state index in [2.05, 4.69) is 4.99 Å². The van der Waals surface area contributed by atoms with E-state index in [1.807, 2.05) is 30.3 Å². The van der Waals surface area contributed by atoms with Crippen LogP contribution in [0, 0.1) is 5.82 Å². The molecule has 1 amide bonds. The number of sulfone groups is 1. The third-order valence-electron chi connectivity index (χ3n) is 4.60. The van der Waals surface area contributed by atoms with Gasteiger partial charge < -0.3 is 4.90 Å². The highest BCUT2D eigenvalue weighted by Crippen LogP contribution is 2.41. The van der Waals surface area contributed by atoms with E-state index in [0.717, 1.165) is 5.56 Å². The van der Waals surface area contributed by atoms with Crippen molar-refractivity contribution in [1.82, 2.24) is 0 Å². The third kappa shape index (κ3) is 3.77. The fourth-order valence-corrected chi connectivity index (χ4v) is 7.33. The van der Waals surface area contributed by atoms with Gasteiger partial charge >= 0.3 is 0 Å². The van der Waals surface area contributed by atoms with Crippen molar-refractivity contribution >= 4 is 38.4 Å². The lowest BCUT2D eigenvalue weighted by atomic mass is 10.1. The molecule has 2 aromatic rings. The quantitative estimate of drug-likeness (QED) is 0.787. The number of amides is 1. The number of hydrogen-bond acceptors (Lipinski definition) is 4. The molecule has 2 aliphatic rings. The van der Waals surface area contributed by atoms with E-state index in [1.54, 1.807) is 23.1 Å². The zero-order chi connectivity index (χ0) is 19.0. The Morgan fingerprint density at radius 1 is 1.11 bits per heavy atom. The number of hydrogen-bond donors (Lipinski definition) is 0. The number of nitrogens with zero attached hydrogens (tertiary/aromatic N) is 2. The van der Waals surface area contributed by atoms with Crippen LogP contribution >= 0.6 is 11.8 Å². The van der Waals surface area contributed by atoms with Gasteiger partial charge in [-0.15, -0.1) is 0 Å². The van der Waals surface area contributed by atoms with Crippen LogP contribution in [-0.4, -0.2) is 42.3 Å². The average Bonchev–Trinajstić information content (AvgIpc) is 3.07. The first-order valence-corrected chi connectivity index (χ1v) is 11.2. The molecule has 2 saturated heterocycles. The molecule has 0 radical (unpaired) electrons. The zero-order valence-corrected chi connectivity index (χ0v) is 15.9. The topological polar surface area (TPSA) is 66.8 Å². The van der Waals surface area contributed by atoms with Crippen molar-refractivity contribution in [3.05, 3.63) is 66.0 Å². The van der Waals surface area contributed by atoms with Crippen LogP contribution in [-0.2, 0) is 21.1 Å². The van der Waals surface area contributed by atoms with Gasteiger partial charge in [-0.2, -0.15) is 4.99 Å². The summed E-state index contributed by atoms with van der Waals surface area (Å²) < 4.78 is 38.5. The minimum absolute atomic E-state index is 0.0131. The van der Waals surface area contributed by atoms with Gasteiger partial charge in [-0.25, -0.2) is 12.8 Å². The molecule has 2 aromatic carbocycles. The molecule has 2 fully saturated rings. The molecule has 5 nitrogen and oxygen atoms in total. The summed E-state index contributed by atoms with van der Waals surface area (Å²) in [6, 6.07) is 15.0. The summed E-state index contributed by atoms with van der Waals surface area (Å²) in [5.41, 5.74) is 1.09. The lowest BCUT2D eigenvalue weighted by Gasteiger charge is -2.24. The van der Waals surface area contributed by atoms with E-state index in [9.17, 15) is 17.6 Å². The number of aliphatic imine (C=N–C) groups is 1. The molecule has 4 rings (SSSR count). The standard InChI is InChI=1S/C19H17FN2O3S2/c20-14-8-4-5-9-15(14)22-16-11-27(24,25)12-17(16)26-19(22)21-18(23)10-13-6-2-1-3-7-13/h1-9,16-17H,10-12H2/t16-,17-/m1/s1. The number of benzene rings is 2. The van der Waals surface area contributed by atoms with Crippen LogP contribution in [0.4, 0.5) is 10.1 Å². The third-order valence-corrected chi connectivity index (χ3v) is 7.81. The molecule has 0 aromatic heterocycles. The molecule has 0 unspecified atom stereocenters. The largest absolute Gasteiger partial charge is 0.313 e. The molecule has 0 aliphatic carbocycles. The van der Waals surface area contributed by atoms with Crippen LogP contribution in [0.5, 0.6) is 0 Å². The number of para-hydroxylation sites is 1. The molecular formula is C19H17FN2O3S2. The van der Waals surface area contributed by atoms with E-state index >= 15 is 0 Å². The molecule has 0 saturated carbocycles. The fourth-order valence-electron chi connectivity index (χ4n) is 3.41. The highest BCUT2D eigenvalue weighted by atomic mass is 32.2. The minimum Gasteiger partial charge on any atom is -0.313 e. The Bertz CT molecular complexity index is 1010. The molecule has 2 atom stereocenters. The van der Waals surface area contributed by atoms with Gasteiger partial charge in [0.25, 0.3) is 5.91 Å². The van der Waals surface area contributed by atoms with Crippen LogP contribution in [0.2, 0.25) is 0 Å². The molecule has 2 aliphatic heterocycles. The maximum atomic E-state index is 14.4. The molecule has 0 N–H and O–H groups in total. The van der Waals surface area contributed by atoms with E-state index in [-0.39, 0.29) is 34.8 Å². The van der Waals surface area contributed by atoms with E-state index < -0.39 is 21.7 Å². The monoisotopic (exact) mass is 404 g/mol. The van der Waals surface area contributed by atoms with Crippen molar-refractivity contribution in [1.29, 1.82) is 0 Å². The molecule has 0 bridgehead atoms. The first-order valence-electron chi connectivity index (χ1n) is 8.49. The molecule has 27 heavy (non-hydrogen) atoms. The van der Waals surface area contributed by atoms with Crippen molar-refractivity contribution in [2.24, 2.45) is 4.99 Å². The summed E-state index contributed by atoms with van der Waals surface area (Å²) in [6.07, 6.45) is 0.143. The second-order valence-electron chi connectivity index (χ2n) is 6.57. The first kappa shape index (κ1) is 18.2. The SMILES string of the molecule is O=C(Cc1ccccc1)N=C1S[C@@H]2CS(=O)(=O)C[C@H]2N1c1ccccc1F. The van der Waals surface area contributed by atoms with Gasteiger partial charge in [0, 0.05) is 5.25 Å². The fraction of sp³-hybridized carbons (Fsp3) is 0.263. The van der Waals surface area contributed by atoms with Crippen molar-refractivity contribution in [3.63, 3.8) is 0 Å². The Balaban J connectivity index is 1.67. The van der Waals surface area contributed by atoms with Crippen LogP contribution in [0.25, 0.3) is 0 Å². The first-order chi connectivity index (χ1) is 12.9. The number of halogens is 1. The normalized spacial score (nSPS) is 24.9. The maximum Gasteiger partial charge on any atom is 0.252 e. The molecular weight excluding hydrogens is 387 g/mol. The number of anilines is 1. The molecule has 0 spiro atoms. The lowest BCUT2D eigenvalue weighted by Crippen LogP contribution is -2.38. The predicted molar refractivity (Wildman–Crippen MR) is 105 cm³/mol. The van der Waals surface area contributed by atoms with E-state index in [4.69, 9.17) is 0 Å². The van der Waals surface area contributed by atoms with E-state index in [1.165, 1.54) is 17.8 Å². The Hall–Kier alpha value is -2.19. The number of fused-ring (bicyclic) bond motifs is 1. The lowest BCUT2D eigenvalue weighted by molar-refractivity contribution is -0.117. The van der Waals surface area contributed by atoms with Gasteiger partial charge in [0.05, 0.1) is 29.7 Å². The zero-order valence-electron chi connectivity index (χ0n) is 14.3. The number of carbonyl (C=O) groups is 1. The Labute approximate surface area is 161 Å². The molecule has 2 heterocycles.